The van der Waals surface area contributed by atoms with E-state index in [2.05, 4.69) is 0 Å². The van der Waals surface area contributed by atoms with Crippen LogP contribution in [0.25, 0.3) is 0 Å². The molecule has 0 aliphatic heterocycles. The van der Waals surface area contributed by atoms with E-state index in [9.17, 15) is 14.4 Å². The number of esters is 1. The van der Waals surface area contributed by atoms with Crippen molar-refractivity contribution in [3.05, 3.63) is 106 Å². The van der Waals surface area contributed by atoms with Crippen LogP contribution in [-0.2, 0) is 4.74 Å². The maximum absolute atomic E-state index is 12.7. The van der Waals surface area contributed by atoms with Gasteiger partial charge in [-0.2, -0.15) is 0 Å². The number of carbonyl (C=O) groups excluding carboxylic acids is 3. The first kappa shape index (κ1) is 19.2. The average Bonchev–Trinajstić information content (AvgIpc) is 2.73. The summed E-state index contributed by atoms with van der Waals surface area (Å²) in [5.74, 6) is -1.26. The van der Waals surface area contributed by atoms with Crippen LogP contribution < -0.4 is 0 Å². The summed E-state index contributed by atoms with van der Waals surface area (Å²) in [4.78, 5) is 37.6. The van der Waals surface area contributed by atoms with Gasteiger partial charge >= 0.3 is 5.97 Å². The van der Waals surface area contributed by atoms with Gasteiger partial charge in [-0.05, 0) is 37.1 Å². The number of hydrogen-bond donors (Lipinski definition) is 0. The fourth-order valence-corrected chi connectivity index (χ4v) is 2.81. The zero-order chi connectivity index (χ0) is 20.1. The summed E-state index contributed by atoms with van der Waals surface area (Å²) in [6.07, 6.45) is 0. The summed E-state index contributed by atoms with van der Waals surface area (Å²) in [5.41, 5.74) is 3.44. The lowest BCUT2D eigenvalue weighted by atomic mass is 9.98. The highest BCUT2D eigenvalue weighted by molar-refractivity contribution is 6.14. The molecule has 3 rings (SSSR count). The lowest BCUT2D eigenvalue weighted by molar-refractivity contribution is 0.0473. The van der Waals surface area contributed by atoms with Crippen LogP contribution in [0.15, 0.2) is 72.8 Å². The van der Waals surface area contributed by atoms with Crippen LogP contribution >= 0.6 is 0 Å². The van der Waals surface area contributed by atoms with Crippen molar-refractivity contribution in [3.8, 4) is 0 Å². The van der Waals surface area contributed by atoms with Crippen LogP contribution in [0.4, 0.5) is 0 Å². The van der Waals surface area contributed by atoms with Crippen LogP contribution in [0.2, 0.25) is 0 Å². The van der Waals surface area contributed by atoms with Gasteiger partial charge in [0.1, 0.15) is 0 Å². The van der Waals surface area contributed by atoms with Gasteiger partial charge in [0.15, 0.2) is 18.2 Å². The van der Waals surface area contributed by atoms with Crippen molar-refractivity contribution in [2.45, 2.75) is 13.8 Å². The number of ether oxygens (including phenoxy) is 1. The zero-order valence-electron chi connectivity index (χ0n) is 15.8. The molecule has 3 aromatic rings. The Bertz CT molecular complexity index is 1040. The summed E-state index contributed by atoms with van der Waals surface area (Å²) < 4.78 is 5.20. The Hall–Kier alpha value is -3.53. The highest BCUT2D eigenvalue weighted by Crippen LogP contribution is 2.16. The minimum Gasteiger partial charge on any atom is -0.454 e. The van der Waals surface area contributed by atoms with Gasteiger partial charge in [-0.3, -0.25) is 9.59 Å². The van der Waals surface area contributed by atoms with E-state index in [1.807, 2.05) is 26.0 Å². The number of carbonyl (C=O) groups is 3. The van der Waals surface area contributed by atoms with Crippen LogP contribution in [0.3, 0.4) is 0 Å². The lowest BCUT2D eigenvalue weighted by Gasteiger charge is -2.09. The second-order valence-corrected chi connectivity index (χ2v) is 6.54. The molecule has 0 N–H and O–H groups in total. The molecule has 28 heavy (non-hydrogen) atoms. The number of aryl methyl sites for hydroxylation is 2. The van der Waals surface area contributed by atoms with Crippen molar-refractivity contribution >= 4 is 17.5 Å². The minimum atomic E-state index is -0.697. The lowest BCUT2D eigenvalue weighted by Crippen LogP contribution is -2.17. The Kier molecular flexibility index (Phi) is 5.80. The quantitative estimate of drug-likeness (QED) is 0.470. The Morgan fingerprint density at radius 1 is 0.714 bits per heavy atom. The topological polar surface area (TPSA) is 60.4 Å². The molecule has 0 radical (unpaired) electrons. The Morgan fingerprint density at radius 2 is 1.36 bits per heavy atom. The van der Waals surface area contributed by atoms with Crippen LogP contribution in [0.1, 0.15) is 47.8 Å². The predicted octanol–water partition coefficient (Wildman–Crippen LogP) is 4.57. The number of ketones is 2. The van der Waals surface area contributed by atoms with Crippen molar-refractivity contribution in [3.63, 3.8) is 0 Å². The number of Topliss-reactive ketones (excluding diaryl/α,β-unsaturated/α-hetero) is 1. The Labute approximate surface area is 163 Å². The summed E-state index contributed by atoms with van der Waals surface area (Å²) in [7, 11) is 0. The Morgan fingerprint density at radius 3 is 2.04 bits per heavy atom. The van der Waals surface area contributed by atoms with Crippen molar-refractivity contribution < 1.29 is 19.1 Å². The van der Waals surface area contributed by atoms with E-state index in [-0.39, 0.29) is 29.3 Å². The van der Waals surface area contributed by atoms with E-state index in [1.165, 1.54) is 6.07 Å². The molecule has 0 aliphatic carbocycles. The molecule has 140 valence electrons. The van der Waals surface area contributed by atoms with Crippen molar-refractivity contribution in [2.24, 2.45) is 0 Å². The van der Waals surface area contributed by atoms with E-state index >= 15 is 0 Å². The molecule has 0 saturated carbocycles. The summed E-state index contributed by atoms with van der Waals surface area (Å²) in [6.45, 7) is 3.50. The summed E-state index contributed by atoms with van der Waals surface area (Å²) in [5, 5.41) is 0. The van der Waals surface area contributed by atoms with Gasteiger partial charge in [0, 0.05) is 16.7 Å². The standard InChI is InChI=1S/C24H20O4/c1-16-12-13-19(14-17(16)2)22(25)15-28-24(27)21-11-7-6-10-20(21)23(26)18-8-4-3-5-9-18/h3-14H,15H2,1-2H3. The molecule has 0 fully saturated rings. The summed E-state index contributed by atoms with van der Waals surface area (Å²) >= 11 is 0. The molecule has 0 atom stereocenters. The van der Waals surface area contributed by atoms with Crippen molar-refractivity contribution in [1.29, 1.82) is 0 Å². The molecule has 0 aliphatic rings. The molecule has 4 nitrogen and oxygen atoms in total. The fourth-order valence-electron chi connectivity index (χ4n) is 2.81. The number of hydrogen-bond acceptors (Lipinski definition) is 4. The summed E-state index contributed by atoms with van der Waals surface area (Å²) in [6, 6.07) is 20.5. The van der Waals surface area contributed by atoms with Gasteiger partial charge in [0.25, 0.3) is 0 Å². The molecule has 0 spiro atoms. The second kappa shape index (κ2) is 8.44. The molecular formula is C24H20O4. The molecule has 0 amide bonds. The van der Waals surface area contributed by atoms with Gasteiger partial charge in [0.2, 0.25) is 0 Å². The SMILES string of the molecule is Cc1ccc(C(=O)COC(=O)c2ccccc2C(=O)c2ccccc2)cc1C. The fraction of sp³-hybridized carbons (Fsp3) is 0.125. The molecule has 0 unspecified atom stereocenters. The third-order valence-electron chi connectivity index (χ3n) is 4.59. The van der Waals surface area contributed by atoms with Gasteiger partial charge in [-0.25, -0.2) is 4.79 Å². The molecule has 0 saturated heterocycles. The first-order valence-electron chi connectivity index (χ1n) is 8.93. The van der Waals surface area contributed by atoms with Gasteiger partial charge < -0.3 is 4.74 Å². The van der Waals surface area contributed by atoms with E-state index in [4.69, 9.17) is 4.74 Å². The largest absolute Gasteiger partial charge is 0.454 e. The highest BCUT2D eigenvalue weighted by atomic mass is 16.5. The van der Waals surface area contributed by atoms with Crippen LogP contribution in [0, 0.1) is 13.8 Å². The predicted molar refractivity (Wildman–Crippen MR) is 107 cm³/mol. The highest BCUT2D eigenvalue weighted by Gasteiger charge is 2.20. The minimum absolute atomic E-state index is 0.143. The number of benzene rings is 3. The van der Waals surface area contributed by atoms with Gasteiger partial charge in [0.05, 0.1) is 5.56 Å². The van der Waals surface area contributed by atoms with E-state index in [1.54, 1.807) is 54.6 Å². The molecule has 0 heterocycles. The molecule has 3 aromatic carbocycles. The van der Waals surface area contributed by atoms with E-state index in [0.29, 0.717) is 11.1 Å². The van der Waals surface area contributed by atoms with Gasteiger partial charge in [-0.15, -0.1) is 0 Å². The van der Waals surface area contributed by atoms with Crippen LogP contribution in [0.5, 0.6) is 0 Å². The molecule has 0 bridgehead atoms. The van der Waals surface area contributed by atoms with Gasteiger partial charge in [-0.1, -0.05) is 60.7 Å². The molecular weight excluding hydrogens is 352 g/mol. The number of rotatable bonds is 6. The maximum atomic E-state index is 12.7. The third-order valence-corrected chi connectivity index (χ3v) is 4.59. The molecule has 4 heteroatoms. The zero-order valence-corrected chi connectivity index (χ0v) is 15.8. The Balaban J connectivity index is 1.75. The maximum Gasteiger partial charge on any atom is 0.339 e. The normalized spacial score (nSPS) is 10.4. The molecule has 0 aromatic heterocycles. The van der Waals surface area contributed by atoms with Crippen molar-refractivity contribution in [2.75, 3.05) is 6.61 Å². The third kappa shape index (κ3) is 4.23. The van der Waals surface area contributed by atoms with Crippen molar-refractivity contribution in [1.82, 2.24) is 0 Å². The first-order chi connectivity index (χ1) is 13.5. The average molecular weight is 372 g/mol. The van der Waals surface area contributed by atoms with Crippen LogP contribution in [-0.4, -0.2) is 24.1 Å². The smallest absolute Gasteiger partial charge is 0.339 e. The monoisotopic (exact) mass is 372 g/mol. The second-order valence-electron chi connectivity index (χ2n) is 6.54. The van der Waals surface area contributed by atoms with E-state index in [0.717, 1.165) is 11.1 Å². The van der Waals surface area contributed by atoms with E-state index < -0.39 is 5.97 Å². The first-order valence-corrected chi connectivity index (χ1v) is 8.93.